The van der Waals surface area contributed by atoms with Crippen LogP contribution in [0.15, 0.2) is 35.3 Å². The summed E-state index contributed by atoms with van der Waals surface area (Å²) in [6.07, 6.45) is 1.42. The molecule has 5 nitrogen and oxygen atoms in total. The van der Waals surface area contributed by atoms with Crippen molar-refractivity contribution in [3.63, 3.8) is 0 Å². The van der Waals surface area contributed by atoms with Crippen LogP contribution in [0.25, 0.3) is 22.2 Å². The van der Waals surface area contributed by atoms with E-state index in [-0.39, 0.29) is 0 Å². The minimum Gasteiger partial charge on any atom is -0.289 e. The number of H-pyrrole nitrogens is 1. The minimum atomic E-state index is -0.410. The van der Waals surface area contributed by atoms with Crippen molar-refractivity contribution in [2.24, 2.45) is 0 Å². The zero-order valence-electron chi connectivity index (χ0n) is 7.64. The minimum absolute atomic E-state index is 0.410. The van der Waals surface area contributed by atoms with E-state index in [0.29, 0.717) is 11.2 Å². The fraction of sp³-hybridized carbons (Fsp3) is 0. The van der Waals surface area contributed by atoms with E-state index in [4.69, 9.17) is 0 Å². The van der Waals surface area contributed by atoms with E-state index in [2.05, 4.69) is 19.9 Å². The highest BCUT2D eigenvalue weighted by molar-refractivity contribution is 5.83. The van der Waals surface area contributed by atoms with Gasteiger partial charge in [-0.15, -0.1) is 0 Å². The number of benzene rings is 1. The standard InChI is InChI=1S/C10H6N4O/c15-10-11-5-8-9(14-10)13-7-4-2-1-3-6(7)12-8/h1-5H,(H,11,13,14,15). The Kier molecular flexibility index (Phi) is 1.53. The van der Waals surface area contributed by atoms with Gasteiger partial charge in [0, 0.05) is 0 Å². The lowest BCUT2D eigenvalue weighted by Gasteiger charge is -1.98. The van der Waals surface area contributed by atoms with Gasteiger partial charge in [-0.25, -0.2) is 14.8 Å². The van der Waals surface area contributed by atoms with Gasteiger partial charge in [0.05, 0.1) is 17.2 Å². The van der Waals surface area contributed by atoms with E-state index in [0.717, 1.165) is 11.0 Å². The molecule has 15 heavy (non-hydrogen) atoms. The van der Waals surface area contributed by atoms with Gasteiger partial charge in [0.1, 0.15) is 5.52 Å². The lowest BCUT2D eigenvalue weighted by molar-refractivity contribution is 1.09. The van der Waals surface area contributed by atoms with Gasteiger partial charge < -0.3 is 0 Å². The van der Waals surface area contributed by atoms with Crippen LogP contribution in [0.3, 0.4) is 0 Å². The molecule has 0 aliphatic rings. The SMILES string of the molecule is O=c1ncc2nc3ccccc3nc2[nH]1. The van der Waals surface area contributed by atoms with Crippen molar-refractivity contribution in [2.45, 2.75) is 0 Å². The van der Waals surface area contributed by atoms with Crippen molar-refractivity contribution in [3.05, 3.63) is 40.9 Å². The summed E-state index contributed by atoms with van der Waals surface area (Å²) in [5, 5.41) is 0. The quantitative estimate of drug-likeness (QED) is 0.544. The smallest absolute Gasteiger partial charge is 0.289 e. The Morgan fingerprint density at radius 1 is 1.00 bits per heavy atom. The van der Waals surface area contributed by atoms with Crippen molar-refractivity contribution >= 4 is 22.2 Å². The molecule has 0 aliphatic carbocycles. The molecule has 0 saturated carbocycles. The molecule has 0 radical (unpaired) electrons. The summed E-state index contributed by atoms with van der Waals surface area (Å²) < 4.78 is 0. The molecule has 1 N–H and O–H groups in total. The average molecular weight is 198 g/mol. The predicted molar refractivity (Wildman–Crippen MR) is 55.5 cm³/mol. The molecular weight excluding hydrogens is 192 g/mol. The highest BCUT2D eigenvalue weighted by atomic mass is 16.1. The van der Waals surface area contributed by atoms with E-state index in [1.165, 1.54) is 6.20 Å². The van der Waals surface area contributed by atoms with E-state index in [9.17, 15) is 4.79 Å². The van der Waals surface area contributed by atoms with E-state index < -0.39 is 5.69 Å². The Balaban J connectivity index is 2.53. The first-order valence-corrected chi connectivity index (χ1v) is 4.45. The Labute approximate surface area is 83.8 Å². The van der Waals surface area contributed by atoms with Gasteiger partial charge in [-0.05, 0) is 12.1 Å². The number of nitrogens with one attached hydrogen (secondary N) is 1. The van der Waals surface area contributed by atoms with Crippen LogP contribution in [0, 0.1) is 0 Å². The van der Waals surface area contributed by atoms with Crippen LogP contribution in [-0.4, -0.2) is 19.9 Å². The number of aromatic nitrogens is 4. The summed E-state index contributed by atoms with van der Waals surface area (Å²) in [5.74, 6) is 0. The van der Waals surface area contributed by atoms with Gasteiger partial charge >= 0.3 is 5.69 Å². The van der Waals surface area contributed by atoms with Crippen LogP contribution in [0.1, 0.15) is 0 Å². The lowest BCUT2D eigenvalue weighted by Crippen LogP contribution is -2.09. The first-order valence-electron chi connectivity index (χ1n) is 4.45. The predicted octanol–water partition coefficient (Wildman–Crippen LogP) is 0.866. The van der Waals surface area contributed by atoms with Crippen molar-refractivity contribution < 1.29 is 0 Å². The Bertz CT molecular complexity index is 704. The Morgan fingerprint density at radius 3 is 2.53 bits per heavy atom. The van der Waals surface area contributed by atoms with E-state index in [1.54, 1.807) is 0 Å². The van der Waals surface area contributed by atoms with Gasteiger partial charge in [0.2, 0.25) is 0 Å². The third kappa shape index (κ3) is 1.25. The van der Waals surface area contributed by atoms with Crippen LogP contribution in [0.4, 0.5) is 0 Å². The molecular formula is C10H6N4O. The number of nitrogens with zero attached hydrogens (tertiary/aromatic N) is 3. The second kappa shape index (κ2) is 2.84. The molecule has 0 bridgehead atoms. The molecule has 0 aliphatic heterocycles. The molecule has 5 heteroatoms. The van der Waals surface area contributed by atoms with Crippen LogP contribution in [0.5, 0.6) is 0 Å². The molecule has 0 amide bonds. The number of para-hydroxylation sites is 2. The van der Waals surface area contributed by atoms with Crippen molar-refractivity contribution in [1.82, 2.24) is 19.9 Å². The molecule has 0 saturated heterocycles. The van der Waals surface area contributed by atoms with Gasteiger partial charge in [-0.2, -0.15) is 4.98 Å². The largest absolute Gasteiger partial charge is 0.346 e. The van der Waals surface area contributed by atoms with Gasteiger partial charge in [-0.3, -0.25) is 4.98 Å². The average Bonchev–Trinajstić information content (AvgIpc) is 2.26. The summed E-state index contributed by atoms with van der Waals surface area (Å²) in [5.41, 5.74) is 2.19. The van der Waals surface area contributed by atoms with Crippen molar-refractivity contribution in [1.29, 1.82) is 0 Å². The number of hydrogen-bond acceptors (Lipinski definition) is 4. The molecule has 72 valence electrons. The van der Waals surface area contributed by atoms with Gasteiger partial charge in [0.15, 0.2) is 5.65 Å². The summed E-state index contributed by atoms with van der Waals surface area (Å²) in [6.45, 7) is 0. The van der Waals surface area contributed by atoms with Gasteiger partial charge in [0.25, 0.3) is 0 Å². The maximum absolute atomic E-state index is 11.0. The molecule has 1 aromatic carbocycles. The third-order valence-corrected chi connectivity index (χ3v) is 2.13. The molecule has 0 fully saturated rings. The Hall–Kier alpha value is -2.30. The van der Waals surface area contributed by atoms with Crippen molar-refractivity contribution in [2.75, 3.05) is 0 Å². The third-order valence-electron chi connectivity index (χ3n) is 2.13. The first kappa shape index (κ1) is 8.05. The van der Waals surface area contributed by atoms with Crippen LogP contribution < -0.4 is 5.69 Å². The first-order chi connectivity index (χ1) is 7.33. The van der Waals surface area contributed by atoms with Crippen LogP contribution in [-0.2, 0) is 0 Å². The lowest BCUT2D eigenvalue weighted by atomic mass is 10.3. The molecule has 3 rings (SSSR count). The summed E-state index contributed by atoms with van der Waals surface area (Å²) in [7, 11) is 0. The zero-order valence-corrected chi connectivity index (χ0v) is 7.64. The molecule has 0 spiro atoms. The summed E-state index contributed by atoms with van der Waals surface area (Å²) in [4.78, 5) is 25.7. The number of aromatic amines is 1. The zero-order chi connectivity index (χ0) is 10.3. The fourth-order valence-electron chi connectivity index (χ4n) is 1.45. The number of rotatable bonds is 0. The normalized spacial score (nSPS) is 10.9. The molecule has 2 heterocycles. The van der Waals surface area contributed by atoms with Crippen LogP contribution in [0.2, 0.25) is 0 Å². The molecule has 2 aromatic heterocycles. The Morgan fingerprint density at radius 2 is 1.73 bits per heavy atom. The highest BCUT2D eigenvalue weighted by Gasteiger charge is 2.01. The second-order valence-corrected chi connectivity index (χ2v) is 3.13. The summed E-state index contributed by atoms with van der Waals surface area (Å²) >= 11 is 0. The summed E-state index contributed by atoms with van der Waals surface area (Å²) in [6, 6.07) is 7.48. The van der Waals surface area contributed by atoms with E-state index >= 15 is 0 Å². The van der Waals surface area contributed by atoms with Crippen LogP contribution >= 0.6 is 0 Å². The van der Waals surface area contributed by atoms with Crippen molar-refractivity contribution in [3.8, 4) is 0 Å². The van der Waals surface area contributed by atoms with E-state index in [1.807, 2.05) is 24.3 Å². The number of fused-ring (bicyclic) bond motifs is 2. The maximum atomic E-state index is 11.0. The second-order valence-electron chi connectivity index (χ2n) is 3.13. The fourth-order valence-corrected chi connectivity index (χ4v) is 1.45. The topological polar surface area (TPSA) is 71.5 Å². The number of hydrogen-bond donors (Lipinski definition) is 1. The molecule has 3 aromatic rings. The monoisotopic (exact) mass is 198 g/mol. The highest BCUT2D eigenvalue weighted by Crippen LogP contribution is 2.11. The van der Waals surface area contributed by atoms with Gasteiger partial charge in [-0.1, -0.05) is 12.1 Å². The molecule has 0 atom stereocenters. The molecule has 0 unspecified atom stereocenters. The maximum Gasteiger partial charge on any atom is 0.346 e.